The Morgan fingerprint density at radius 3 is 2.38 bits per heavy atom. The molecule has 3 aromatic carbocycles. The van der Waals surface area contributed by atoms with Gasteiger partial charge in [0.2, 0.25) is 0 Å². The van der Waals surface area contributed by atoms with E-state index in [-0.39, 0.29) is 5.56 Å². The van der Waals surface area contributed by atoms with Crippen molar-refractivity contribution in [1.29, 1.82) is 0 Å². The van der Waals surface area contributed by atoms with Gasteiger partial charge in [0.1, 0.15) is 17.2 Å². The molecule has 0 aliphatic carbocycles. The number of benzene rings is 3. The SMILES string of the molecule is COC(=O)C1=C(C)N=c2sc(=Cc3cccc(Oc4ccccc4)c3)c(=O)n2C1c1ccc(OC)cc1. The number of esters is 1. The molecule has 0 fully saturated rings. The van der Waals surface area contributed by atoms with Crippen LogP contribution in [0.2, 0.25) is 0 Å². The van der Waals surface area contributed by atoms with Crippen LogP contribution in [0.4, 0.5) is 0 Å². The lowest BCUT2D eigenvalue weighted by Crippen LogP contribution is -2.39. The van der Waals surface area contributed by atoms with Crippen LogP contribution in [0.5, 0.6) is 17.2 Å². The molecule has 37 heavy (non-hydrogen) atoms. The number of rotatable bonds is 6. The predicted octanol–water partition coefficient (Wildman–Crippen LogP) is 4.21. The summed E-state index contributed by atoms with van der Waals surface area (Å²) in [5.41, 5.74) is 2.15. The van der Waals surface area contributed by atoms with E-state index in [1.807, 2.05) is 72.8 Å². The number of thiazole rings is 1. The fourth-order valence-corrected chi connectivity index (χ4v) is 5.28. The summed E-state index contributed by atoms with van der Waals surface area (Å²) in [5.74, 6) is 1.54. The number of allylic oxidation sites excluding steroid dienone is 1. The summed E-state index contributed by atoms with van der Waals surface area (Å²) >= 11 is 1.27. The van der Waals surface area contributed by atoms with Gasteiger partial charge in [0.25, 0.3) is 5.56 Å². The average Bonchev–Trinajstić information content (AvgIpc) is 3.22. The van der Waals surface area contributed by atoms with Crippen LogP contribution in [0.15, 0.2) is 99.9 Å². The van der Waals surface area contributed by atoms with E-state index in [1.165, 1.54) is 18.4 Å². The maximum Gasteiger partial charge on any atom is 0.338 e. The number of hydrogen-bond donors (Lipinski definition) is 0. The zero-order valence-corrected chi connectivity index (χ0v) is 21.3. The topological polar surface area (TPSA) is 79.1 Å². The van der Waals surface area contributed by atoms with Crippen molar-refractivity contribution in [3.8, 4) is 17.2 Å². The summed E-state index contributed by atoms with van der Waals surface area (Å²) in [5, 5.41) is 0. The van der Waals surface area contributed by atoms with E-state index in [1.54, 1.807) is 30.7 Å². The molecule has 1 unspecified atom stereocenters. The Labute approximate surface area is 217 Å². The van der Waals surface area contributed by atoms with Crippen molar-refractivity contribution in [2.45, 2.75) is 13.0 Å². The van der Waals surface area contributed by atoms with Crippen LogP contribution in [0.3, 0.4) is 0 Å². The second-order valence-electron chi connectivity index (χ2n) is 8.33. The summed E-state index contributed by atoms with van der Waals surface area (Å²) in [6.07, 6.45) is 1.81. The van der Waals surface area contributed by atoms with Gasteiger partial charge < -0.3 is 14.2 Å². The highest BCUT2D eigenvalue weighted by molar-refractivity contribution is 7.07. The van der Waals surface area contributed by atoms with Gasteiger partial charge in [-0.15, -0.1) is 0 Å². The maximum absolute atomic E-state index is 13.7. The molecule has 5 rings (SSSR count). The molecule has 0 N–H and O–H groups in total. The molecule has 1 aromatic heterocycles. The Morgan fingerprint density at radius 1 is 0.946 bits per heavy atom. The highest BCUT2D eigenvalue weighted by atomic mass is 32.1. The zero-order chi connectivity index (χ0) is 25.9. The third-order valence-corrected chi connectivity index (χ3v) is 6.98. The van der Waals surface area contributed by atoms with Gasteiger partial charge in [-0.1, -0.05) is 53.8 Å². The van der Waals surface area contributed by atoms with E-state index in [2.05, 4.69) is 4.99 Å². The van der Waals surface area contributed by atoms with Gasteiger partial charge in [-0.2, -0.15) is 0 Å². The number of methoxy groups -OCH3 is 2. The minimum Gasteiger partial charge on any atom is -0.497 e. The molecule has 1 aliphatic heterocycles. The van der Waals surface area contributed by atoms with Crippen LogP contribution in [-0.4, -0.2) is 24.8 Å². The van der Waals surface area contributed by atoms with Crippen molar-refractivity contribution in [2.24, 2.45) is 4.99 Å². The molecule has 7 nitrogen and oxygen atoms in total. The van der Waals surface area contributed by atoms with Crippen LogP contribution in [0.25, 0.3) is 6.08 Å². The van der Waals surface area contributed by atoms with Crippen molar-refractivity contribution < 1.29 is 19.0 Å². The number of carbonyl (C=O) groups is 1. The first-order valence-corrected chi connectivity index (χ1v) is 12.4. The Balaban J connectivity index is 1.61. The number of aromatic nitrogens is 1. The predicted molar refractivity (Wildman–Crippen MR) is 142 cm³/mol. The minimum absolute atomic E-state index is 0.243. The third kappa shape index (κ3) is 4.83. The molecule has 1 atom stereocenters. The molecule has 0 bridgehead atoms. The van der Waals surface area contributed by atoms with Crippen molar-refractivity contribution in [3.63, 3.8) is 0 Å². The molecule has 2 heterocycles. The normalized spacial score (nSPS) is 15.1. The second-order valence-corrected chi connectivity index (χ2v) is 9.34. The summed E-state index contributed by atoms with van der Waals surface area (Å²) in [6, 6.07) is 23.6. The molecule has 0 amide bonds. The molecule has 186 valence electrons. The lowest BCUT2D eigenvalue weighted by molar-refractivity contribution is -0.136. The van der Waals surface area contributed by atoms with E-state index >= 15 is 0 Å². The molecular weight excluding hydrogens is 488 g/mol. The quantitative estimate of drug-likeness (QED) is 0.362. The molecule has 0 radical (unpaired) electrons. The fourth-order valence-electron chi connectivity index (χ4n) is 4.24. The van der Waals surface area contributed by atoms with Crippen LogP contribution >= 0.6 is 11.3 Å². The van der Waals surface area contributed by atoms with Crippen LogP contribution in [-0.2, 0) is 9.53 Å². The molecular formula is C29H24N2O5S. The zero-order valence-electron chi connectivity index (χ0n) is 20.5. The lowest BCUT2D eigenvalue weighted by Gasteiger charge is -2.24. The van der Waals surface area contributed by atoms with Gasteiger partial charge in [-0.25, -0.2) is 9.79 Å². The van der Waals surface area contributed by atoms with E-state index in [0.29, 0.717) is 32.1 Å². The number of hydrogen-bond acceptors (Lipinski definition) is 7. The summed E-state index contributed by atoms with van der Waals surface area (Å²) in [4.78, 5) is 31.6. The van der Waals surface area contributed by atoms with Crippen molar-refractivity contribution >= 4 is 23.4 Å². The molecule has 8 heteroatoms. The number of fused-ring (bicyclic) bond motifs is 1. The Hall–Kier alpha value is -4.43. The molecule has 0 saturated carbocycles. The Kier molecular flexibility index (Phi) is 6.74. The monoisotopic (exact) mass is 512 g/mol. The summed E-state index contributed by atoms with van der Waals surface area (Å²) in [7, 11) is 2.91. The van der Waals surface area contributed by atoms with Gasteiger partial charge >= 0.3 is 5.97 Å². The van der Waals surface area contributed by atoms with Gasteiger partial charge in [-0.05, 0) is 60.5 Å². The number of para-hydroxylation sites is 1. The van der Waals surface area contributed by atoms with Gasteiger partial charge in [0, 0.05) is 0 Å². The first-order valence-electron chi connectivity index (χ1n) is 11.6. The van der Waals surface area contributed by atoms with E-state index in [0.717, 1.165) is 16.9 Å². The largest absolute Gasteiger partial charge is 0.497 e. The van der Waals surface area contributed by atoms with Crippen molar-refractivity contribution in [1.82, 2.24) is 4.57 Å². The second kappa shape index (κ2) is 10.3. The lowest BCUT2D eigenvalue weighted by atomic mass is 9.96. The standard InChI is InChI=1S/C29H24N2O5S/c1-18-25(28(33)35-3)26(20-12-14-21(34-2)15-13-20)31-27(32)24(37-29(31)30-18)17-19-8-7-11-23(16-19)36-22-9-5-4-6-10-22/h4-17,26H,1-3H3. The molecule has 0 saturated heterocycles. The average molecular weight is 513 g/mol. The van der Waals surface area contributed by atoms with E-state index < -0.39 is 12.0 Å². The van der Waals surface area contributed by atoms with Crippen LogP contribution in [0.1, 0.15) is 24.1 Å². The van der Waals surface area contributed by atoms with Crippen LogP contribution < -0.4 is 24.4 Å². The molecule has 0 spiro atoms. The van der Waals surface area contributed by atoms with E-state index in [4.69, 9.17) is 14.2 Å². The summed E-state index contributed by atoms with van der Waals surface area (Å²) < 4.78 is 18.3. The number of nitrogens with zero attached hydrogens (tertiary/aromatic N) is 2. The fraction of sp³-hybridized carbons (Fsp3) is 0.138. The van der Waals surface area contributed by atoms with Gasteiger partial charge in [0.15, 0.2) is 4.80 Å². The number of carbonyl (C=O) groups excluding carboxylic acids is 1. The Bertz CT molecular complexity index is 1670. The maximum atomic E-state index is 13.7. The number of ether oxygens (including phenoxy) is 3. The van der Waals surface area contributed by atoms with Gasteiger partial charge in [0.05, 0.1) is 36.1 Å². The highest BCUT2D eigenvalue weighted by Gasteiger charge is 2.33. The Morgan fingerprint density at radius 2 is 1.68 bits per heavy atom. The molecule has 4 aromatic rings. The minimum atomic E-state index is -0.676. The summed E-state index contributed by atoms with van der Waals surface area (Å²) in [6.45, 7) is 1.75. The first-order chi connectivity index (χ1) is 18.0. The van der Waals surface area contributed by atoms with Gasteiger partial charge in [-0.3, -0.25) is 9.36 Å². The van der Waals surface area contributed by atoms with Crippen molar-refractivity contribution in [3.05, 3.63) is 121 Å². The molecule has 1 aliphatic rings. The highest BCUT2D eigenvalue weighted by Crippen LogP contribution is 2.31. The third-order valence-electron chi connectivity index (χ3n) is 5.99. The van der Waals surface area contributed by atoms with Crippen molar-refractivity contribution in [2.75, 3.05) is 14.2 Å². The van der Waals surface area contributed by atoms with E-state index in [9.17, 15) is 9.59 Å². The smallest absolute Gasteiger partial charge is 0.338 e. The van der Waals surface area contributed by atoms with Crippen LogP contribution in [0, 0.1) is 0 Å². The first kappa shape index (κ1) is 24.3.